The van der Waals surface area contributed by atoms with E-state index in [-0.39, 0.29) is 12.4 Å². The van der Waals surface area contributed by atoms with E-state index < -0.39 is 0 Å². The lowest BCUT2D eigenvalue weighted by Gasteiger charge is -2.06. The first-order valence-corrected chi connectivity index (χ1v) is 6.66. The van der Waals surface area contributed by atoms with Gasteiger partial charge >= 0.3 is 0 Å². The van der Waals surface area contributed by atoms with Crippen LogP contribution in [0, 0.1) is 11.3 Å². The highest BCUT2D eigenvalue weighted by Gasteiger charge is 2.14. The number of H-pyrrole nitrogens is 1. The number of nitriles is 1. The largest absolute Gasteiger partial charge is 0.285 e. The van der Waals surface area contributed by atoms with Gasteiger partial charge in [0.25, 0.3) is 0 Å². The summed E-state index contributed by atoms with van der Waals surface area (Å²) >= 11 is 0. The lowest BCUT2D eigenvalue weighted by Crippen LogP contribution is -1.92. The molecule has 4 aromatic rings. The molecule has 0 aliphatic rings. The van der Waals surface area contributed by atoms with Crippen LogP contribution in [-0.4, -0.2) is 29.6 Å². The molecule has 0 aromatic carbocycles. The summed E-state index contributed by atoms with van der Waals surface area (Å²) in [4.78, 5) is 0. The molecular formula is C15H12ClN7. The maximum absolute atomic E-state index is 9.30. The molecule has 4 aromatic heterocycles. The molecule has 0 unspecified atom stereocenters. The van der Waals surface area contributed by atoms with Crippen molar-refractivity contribution in [3.63, 3.8) is 0 Å². The van der Waals surface area contributed by atoms with Crippen LogP contribution in [0.25, 0.3) is 27.8 Å². The zero-order valence-corrected chi connectivity index (χ0v) is 12.9. The Kier molecular flexibility index (Phi) is 3.60. The van der Waals surface area contributed by atoms with Crippen molar-refractivity contribution in [1.29, 1.82) is 5.26 Å². The minimum absolute atomic E-state index is 0. The van der Waals surface area contributed by atoms with Gasteiger partial charge in [-0.3, -0.25) is 9.78 Å². The zero-order valence-electron chi connectivity index (χ0n) is 12.1. The van der Waals surface area contributed by atoms with Crippen LogP contribution in [0.1, 0.15) is 5.56 Å². The highest BCUT2D eigenvalue weighted by molar-refractivity contribution is 5.87. The van der Waals surface area contributed by atoms with Crippen molar-refractivity contribution in [2.24, 2.45) is 7.05 Å². The minimum atomic E-state index is 0. The molecule has 1 N–H and O–H groups in total. The maximum atomic E-state index is 9.30. The van der Waals surface area contributed by atoms with Crippen LogP contribution in [0.2, 0.25) is 0 Å². The lowest BCUT2D eigenvalue weighted by atomic mass is 10.0. The third-order valence-corrected chi connectivity index (χ3v) is 3.58. The van der Waals surface area contributed by atoms with Crippen LogP contribution in [0.15, 0.2) is 43.2 Å². The van der Waals surface area contributed by atoms with Gasteiger partial charge in [0.05, 0.1) is 29.7 Å². The van der Waals surface area contributed by atoms with E-state index in [0.29, 0.717) is 5.56 Å². The summed E-state index contributed by atoms with van der Waals surface area (Å²) in [7, 11) is 1.88. The van der Waals surface area contributed by atoms with Crippen molar-refractivity contribution < 1.29 is 0 Å². The molecule has 0 atom stereocenters. The number of hydrogen-bond acceptors (Lipinski definition) is 4. The van der Waals surface area contributed by atoms with Crippen LogP contribution in [0.4, 0.5) is 0 Å². The fourth-order valence-electron chi connectivity index (χ4n) is 2.55. The lowest BCUT2D eigenvalue weighted by molar-refractivity contribution is 0.768. The molecule has 0 bridgehead atoms. The van der Waals surface area contributed by atoms with E-state index in [0.717, 1.165) is 27.8 Å². The van der Waals surface area contributed by atoms with Gasteiger partial charge in [-0.05, 0) is 6.07 Å². The molecule has 0 fully saturated rings. The van der Waals surface area contributed by atoms with E-state index in [2.05, 4.69) is 26.5 Å². The summed E-state index contributed by atoms with van der Waals surface area (Å²) in [6.07, 6.45) is 10.7. The Hall–Kier alpha value is -3.11. The van der Waals surface area contributed by atoms with E-state index in [9.17, 15) is 5.26 Å². The summed E-state index contributed by atoms with van der Waals surface area (Å²) in [6.45, 7) is 0. The average molecular weight is 326 g/mol. The Morgan fingerprint density at radius 3 is 2.61 bits per heavy atom. The van der Waals surface area contributed by atoms with E-state index in [4.69, 9.17) is 0 Å². The minimum Gasteiger partial charge on any atom is -0.285 e. The molecule has 0 spiro atoms. The molecule has 0 amide bonds. The number of halogens is 1. The number of pyridine rings is 1. The van der Waals surface area contributed by atoms with Crippen molar-refractivity contribution in [1.82, 2.24) is 29.6 Å². The number of aromatic nitrogens is 6. The summed E-state index contributed by atoms with van der Waals surface area (Å²) in [5.74, 6) is 0. The first-order chi connectivity index (χ1) is 10.8. The smallest absolute Gasteiger partial charge is 0.103 e. The van der Waals surface area contributed by atoms with E-state index in [1.54, 1.807) is 34.0 Å². The third kappa shape index (κ3) is 2.35. The maximum Gasteiger partial charge on any atom is 0.103 e. The number of aromatic amines is 1. The van der Waals surface area contributed by atoms with Gasteiger partial charge < -0.3 is 0 Å². The summed E-state index contributed by atoms with van der Waals surface area (Å²) in [6, 6.07) is 4.21. The highest BCUT2D eigenvalue weighted by atomic mass is 35.5. The molecule has 23 heavy (non-hydrogen) atoms. The monoisotopic (exact) mass is 325 g/mol. The fourth-order valence-corrected chi connectivity index (χ4v) is 2.55. The van der Waals surface area contributed by atoms with Crippen molar-refractivity contribution in [2.75, 3.05) is 0 Å². The Balaban J connectivity index is 0.00000156. The van der Waals surface area contributed by atoms with Crippen molar-refractivity contribution in [2.45, 2.75) is 0 Å². The van der Waals surface area contributed by atoms with Crippen molar-refractivity contribution in [3.05, 3.63) is 48.8 Å². The quantitative estimate of drug-likeness (QED) is 0.613. The van der Waals surface area contributed by atoms with Crippen LogP contribution in [-0.2, 0) is 7.05 Å². The standard InChI is InChI=1S/C15H11N7.ClH/c1-21-8-13(7-19-21)10-2-14(12-4-17-18-5-12)15-11(3-16)6-20-22(15)9-10;/h2,4-9H,1H3,(H,17,18);1H. The Labute approximate surface area is 137 Å². The first kappa shape index (κ1) is 14.8. The third-order valence-electron chi connectivity index (χ3n) is 3.58. The number of nitrogens with zero attached hydrogens (tertiary/aromatic N) is 6. The van der Waals surface area contributed by atoms with E-state index in [1.807, 2.05) is 25.5 Å². The molecule has 0 aliphatic heterocycles. The predicted molar refractivity (Wildman–Crippen MR) is 86.9 cm³/mol. The zero-order chi connectivity index (χ0) is 15.1. The average Bonchev–Trinajstić information content (AvgIpc) is 3.26. The Morgan fingerprint density at radius 2 is 1.96 bits per heavy atom. The van der Waals surface area contributed by atoms with E-state index in [1.165, 1.54) is 0 Å². The first-order valence-electron chi connectivity index (χ1n) is 6.66. The summed E-state index contributed by atoms with van der Waals surface area (Å²) in [5.41, 5.74) is 5.09. The summed E-state index contributed by atoms with van der Waals surface area (Å²) in [5, 5.41) is 24.6. The van der Waals surface area contributed by atoms with Crippen LogP contribution in [0.5, 0.6) is 0 Å². The second kappa shape index (κ2) is 5.59. The molecule has 0 saturated carbocycles. The number of nitrogens with one attached hydrogen (secondary N) is 1. The summed E-state index contributed by atoms with van der Waals surface area (Å²) < 4.78 is 3.48. The van der Waals surface area contributed by atoms with Crippen LogP contribution >= 0.6 is 12.4 Å². The molecule has 7 nitrogen and oxygen atoms in total. The molecule has 4 rings (SSSR count). The SMILES string of the molecule is Cl.Cn1cc(-c2cc(-c3cn[nH]c3)c3c(C#N)cnn3c2)cn1. The predicted octanol–water partition coefficient (Wildman–Crippen LogP) is 2.42. The van der Waals surface area contributed by atoms with Crippen molar-refractivity contribution in [3.8, 4) is 28.3 Å². The fraction of sp³-hybridized carbons (Fsp3) is 0.0667. The molecular weight excluding hydrogens is 314 g/mol. The van der Waals surface area contributed by atoms with Crippen LogP contribution in [0.3, 0.4) is 0 Å². The topological polar surface area (TPSA) is 87.6 Å². The van der Waals surface area contributed by atoms with Gasteiger partial charge in [0.1, 0.15) is 6.07 Å². The molecule has 114 valence electrons. The molecule has 0 aliphatic carbocycles. The van der Waals surface area contributed by atoms with Gasteiger partial charge in [-0.15, -0.1) is 12.4 Å². The van der Waals surface area contributed by atoms with Crippen LogP contribution < -0.4 is 0 Å². The molecule has 8 heteroatoms. The van der Waals surface area contributed by atoms with Gasteiger partial charge in [0.15, 0.2) is 0 Å². The number of hydrogen-bond donors (Lipinski definition) is 1. The second-order valence-corrected chi connectivity index (χ2v) is 5.00. The Bertz CT molecular complexity index is 1000. The number of aryl methyl sites for hydroxylation is 1. The van der Waals surface area contributed by atoms with Gasteiger partial charge in [-0.25, -0.2) is 4.52 Å². The van der Waals surface area contributed by atoms with Gasteiger partial charge in [-0.2, -0.15) is 20.6 Å². The van der Waals surface area contributed by atoms with Crippen molar-refractivity contribution >= 4 is 17.9 Å². The number of rotatable bonds is 2. The van der Waals surface area contributed by atoms with Gasteiger partial charge in [-0.1, -0.05) is 0 Å². The molecule has 0 saturated heterocycles. The Morgan fingerprint density at radius 1 is 1.09 bits per heavy atom. The normalized spacial score (nSPS) is 10.4. The molecule has 4 heterocycles. The second-order valence-electron chi connectivity index (χ2n) is 5.00. The van der Waals surface area contributed by atoms with Gasteiger partial charge in [0.2, 0.25) is 0 Å². The number of fused-ring (bicyclic) bond motifs is 1. The highest BCUT2D eigenvalue weighted by Crippen LogP contribution is 2.31. The molecule has 0 radical (unpaired) electrons. The van der Waals surface area contributed by atoms with E-state index >= 15 is 0 Å². The van der Waals surface area contributed by atoms with Gasteiger partial charge in [0, 0.05) is 47.9 Å².